The van der Waals surface area contributed by atoms with Crippen molar-refractivity contribution in [3.8, 4) is 40.2 Å². The van der Waals surface area contributed by atoms with Crippen LogP contribution in [0.1, 0.15) is 328 Å². The van der Waals surface area contributed by atoms with Crippen LogP contribution in [0.4, 0.5) is 5.69 Å². The number of aliphatic imine (C=N–C) groups is 1. The van der Waals surface area contributed by atoms with Crippen molar-refractivity contribution in [2.24, 2.45) is 28.7 Å². The zero-order valence-corrected chi connectivity index (χ0v) is 62.8. The van der Waals surface area contributed by atoms with Crippen LogP contribution in [0.15, 0.2) is 65.7 Å². The highest BCUT2D eigenvalue weighted by atomic mass is 16.5. The molecule has 0 aromatic heterocycles. The lowest BCUT2D eigenvalue weighted by atomic mass is 10.0. The van der Waals surface area contributed by atoms with Gasteiger partial charge in [-0.3, -0.25) is 0 Å². The highest BCUT2D eigenvalue weighted by molar-refractivity contribution is 5.82. The first-order valence-electron chi connectivity index (χ1n) is 39.1. The summed E-state index contributed by atoms with van der Waals surface area (Å²) < 4.78 is 47.8. The fourth-order valence-corrected chi connectivity index (χ4v) is 11.2. The molecule has 0 unspecified atom stereocenters. The number of carbonyl (C=O) groups excluding carboxylic acids is 1. The molecule has 0 spiro atoms. The third-order valence-corrected chi connectivity index (χ3v) is 18.9. The van der Waals surface area contributed by atoms with Crippen molar-refractivity contribution in [3.63, 3.8) is 0 Å². The predicted octanol–water partition coefficient (Wildman–Crippen LogP) is 26.8. The summed E-state index contributed by atoms with van der Waals surface area (Å²) in [7, 11) is 0. The quantitative estimate of drug-likeness (QED) is 0.0187. The minimum absolute atomic E-state index is 0.347. The Balaban J connectivity index is 1.82. The molecule has 0 saturated heterocycles. The fraction of sp³-hybridized carbons (Fsp3) is 0.644. The number of ether oxygens (including phenoxy) is 7. The number of hydrogen-bond donors (Lipinski definition) is 0. The van der Waals surface area contributed by atoms with E-state index in [1.807, 2.05) is 24.3 Å². The van der Waals surface area contributed by atoms with E-state index in [9.17, 15) is 4.79 Å². The standard InChI is InChI=1S/C87H135NO8/c1-12-19-22-25-28-31-34-37-40-43-56-90-85-59-75(60-86(91-57-44-41-38-35-32-29-26-23-20-13-2)87(85)92-58-45-42-39-36-33-30-27-24-21-14-3)47-51-77-62-84(96-68-73(11)18-7)79(64-82(77)94-66-71(9)16-5)53-52-78-63-81(93-65-70(8)15-4)76(61-83(78)95-67-72(10)17-6)50-46-74-48-54-80(55-49-74)88-69-89/h46-55,59-64,70-73H,12-45,56-58,65-68H2,1-11H3/b50-46+,51-47+,53-52+/t70-,71-,72-,73-/m0/s1. The summed E-state index contributed by atoms with van der Waals surface area (Å²) in [6.45, 7) is 28.8. The van der Waals surface area contributed by atoms with Gasteiger partial charge in [0.15, 0.2) is 11.5 Å². The van der Waals surface area contributed by atoms with Crippen LogP contribution in [0.3, 0.4) is 0 Å². The van der Waals surface area contributed by atoms with E-state index in [2.05, 4.69) is 154 Å². The Morgan fingerprint density at radius 2 is 0.583 bits per heavy atom. The Labute approximate surface area is 586 Å². The van der Waals surface area contributed by atoms with Gasteiger partial charge in [0.05, 0.1) is 51.9 Å². The summed E-state index contributed by atoms with van der Waals surface area (Å²) in [5.41, 5.74) is 6.15. The van der Waals surface area contributed by atoms with Crippen molar-refractivity contribution in [1.82, 2.24) is 0 Å². The molecule has 4 atom stereocenters. The summed E-state index contributed by atoms with van der Waals surface area (Å²) in [5.74, 6) is 6.76. The van der Waals surface area contributed by atoms with Crippen LogP contribution in [-0.4, -0.2) is 52.3 Å². The topological polar surface area (TPSA) is 94.0 Å². The molecule has 0 aliphatic rings. The Bertz CT molecular complexity index is 2730. The molecule has 0 N–H and O–H groups in total. The summed E-state index contributed by atoms with van der Waals surface area (Å²) in [5, 5.41) is 0. The Morgan fingerprint density at radius 1 is 0.312 bits per heavy atom. The Morgan fingerprint density at radius 3 is 0.875 bits per heavy atom. The average Bonchev–Trinajstić information content (AvgIpc) is 0.832. The number of nitrogens with zero attached hydrogens (tertiary/aromatic N) is 1. The first-order valence-corrected chi connectivity index (χ1v) is 39.1. The second-order valence-corrected chi connectivity index (χ2v) is 27.9. The number of unbranched alkanes of at least 4 members (excludes halogenated alkanes) is 27. The van der Waals surface area contributed by atoms with E-state index in [-0.39, 0.29) is 0 Å². The zero-order chi connectivity index (χ0) is 69.1. The lowest BCUT2D eigenvalue weighted by Gasteiger charge is -2.19. The summed E-state index contributed by atoms with van der Waals surface area (Å²) in [4.78, 5) is 14.7. The van der Waals surface area contributed by atoms with Crippen LogP contribution >= 0.6 is 0 Å². The van der Waals surface area contributed by atoms with Gasteiger partial charge in [-0.25, -0.2) is 4.79 Å². The van der Waals surface area contributed by atoms with E-state index in [0.717, 1.165) is 138 Å². The number of isocyanates is 1. The van der Waals surface area contributed by atoms with Gasteiger partial charge in [0.25, 0.3) is 0 Å². The number of hydrogen-bond acceptors (Lipinski definition) is 9. The van der Waals surface area contributed by atoms with Gasteiger partial charge in [0.1, 0.15) is 23.0 Å². The minimum Gasteiger partial charge on any atom is -0.493 e. The Kier molecular flexibility index (Phi) is 45.6. The molecular weight excluding hydrogens is 1190 g/mol. The molecule has 96 heavy (non-hydrogen) atoms. The van der Waals surface area contributed by atoms with E-state index in [1.54, 1.807) is 6.08 Å². The molecule has 0 aliphatic carbocycles. The molecule has 0 amide bonds. The lowest BCUT2D eigenvalue weighted by Crippen LogP contribution is -2.10. The number of benzene rings is 4. The molecule has 0 bridgehead atoms. The smallest absolute Gasteiger partial charge is 0.240 e. The maximum Gasteiger partial charge on any atom is 0.240 e. The molecule has 4 aromatic rings. The highest BCUT2D eigenvalue weighted by Gasteiger charge is 2.19. The van der Waals surface area contributed by atoms with Crippen molar-refractivity contribution in [3.05, 3.63) is 94.0 Å². The molecule has 4 rings (SSSR count). The molecule has 536 valence electrons. The first-order chi connectivity index (χ1) is 47.0. The van der Waals surface area contributed by atoms with Crippen LogP contribution in [0, 0.1) is 23.7 Å². The molecule has 0 radical (unpaired) electrons. The molecule has 0 heterocycles. The summed E-state index contributed by atoms with van der Waals surface area (Å²) in [6, 6.07) is 20.4. The first kappa shape index (κ1) is 82.5. The second-order valence-electron chi connectivity index (χ2n) is 27.9. The molecule has 0 aliphatic heterocycles. The van der Waals surface area contributed by atoms with Gasteiger partial charge in [-0.1, -0.05) is 324 Å². The minimum atomic E-state index is 0.347. The van der Waals surface area contributed by atoms with Crippen LogP contribution in [0.25, 0.3) is 36.5 Å². The molecule has 9 heteroatoms. The average molecular weight is 1320 g/mol. The van der Waals surface area contributed by atoms with Crippen molar-refractivity contribution in [1.29, 1.82) is 0 Å². The van der Waals surface area contributed by atoms with E-state index in [0.29, 0.717) is 75.6 Å². The van der Waals surface area contributed by atoms with Crippen LogP contribution in [0.5, 0.6) is 40.2 Å². The molecule has 0 fully saturated rings. The molecule has 0 saturated carbocycles. The Hall–Kier alpha value is -5.92. The van der Waals surface area contributed by atoms with E-state index < -0.39 is 0 Å². The van der Waals surface area contributed by atoms with Gasteiger partial charge in [-0.2, -0.15) is 4.99 Å². The van der Waals surface area contributed by atoms with Crippen molar-refractivity contribution >= 4 is 48.2 Å². The number of rotatable bonds is 59. The van der Waals surface area contributed by atoms with Gasteiger partial charge in [-0.05, 0) is 103 Å². The van der Waals surface area contributed by atoms with E-state index >= 15 is 0 Å². The van der Waals surface area contributed by atoms with Gasteiger partial charge >= 0.3 is 0 Å². The van der Waals surface area contributed by atoms with Crippen LogP contribution < -0.4 is 33.2 Å². The normalized spacial score (nSPS) is 12.9. The van der Waals surface area contributed by atoms with Crippen molar-refractivity contribution < 1.29 is 38.0 Å². The molecule has 4 aromatic carbocycles. The van der Waals surface area contributed by atoms with Gasteiger partial charge in [0, 0.05) is 22.3 Å². The summed E-state index contributed by atoms with van der Waals surface area (Å²) in [6.07, 6.45) is 56.6. The van der Waals surface area contributed by atoms with Gasteiger partial charge in [0.2, 0.25) is 11.8 Å². The van der Waals surface area contributed by atoms with E-state index in [4.69, 9.17) is 33.2 Å². The molecular formula is C87H135NO8. The zero-order valence-electron chi connectivity index (χ0n) is 62.8. The van der Waals surface area contributed by atoms with Crippen molar-refractivity contribution in [2.45, 2.75) is 294 Å². The lowest BCUT2D eigenvalue weighted by molar-refractivity contribution is 0.234. The predicted molar refractivity (Wildman–Crippen MR) is 412 cm³/mol. The maximum absolute atomic E-state index is 10.9. The SMILES string of the molecule is CCCCCCCCCCCCOc1cc(/C=C/c2cc(OC[C@@H](C)CC)c(/C=C/c3cc(OC[C@@H](C)CC)c(/C=C/c4ccc(N=C=O)cc4)cc3OC[C@@H](C)CC)cc2OC[C@@H](C)CC)cc(OCCCCCCCCCCCC)c1OCCCCCCCCCCCC. The van der Waals surface area contributed by atoms with Crippen LogP contribution in [-0.2, 0) is 4.79 Å². The third-order valence-electron chi connectivity index (χ3n) is 18.9. The largest absolute Gasteiger partial charge is 0.493 e. The van der Waals surface area contributed by atoms with E-state index in [1.165, 1.54) is 154 Å². The monoisotopic (exact) mass is 1320 g/mol. The maximum atomic E-state index is 10.9. The van der Waals surface area contributed by atoms with Crippen LogP contribution in [0.2, 0.25) is 0 Å². The fourth-order valence-electron chi connectivity index (χ4n) is 11.2. The van der Waals surface area contributed by atoms with Crippen molar-refractivity contribution in [2.75, 3.05) is 46.2 Å². The highest BCUT2D eigenvalue weighted by Crippen LogP contribution is 2.42. The molecule has 9 nitrogen and oxygen atoms in total. The van der Waals surface area contributed by atoms with Gasteiger partial charge in [-0.15, -0.1) is 0 Å². The van der Waals surface area contributed by atoms with Gasteiger partial charge < -0.3 is 33.2 Å². The third kappa shape index (κ3) is 35.5. The second kappa shape index (κ2) is 53.1. The summed E-state index contributed by atoms with van der Waals surface area (Å²) >= 11 is 0.